The zero-order chi connectivity index (χ0) is 51.1. The van der Waals surface area contributed by atoms with E-state index in [4.69, 9.17) is 18.7 Å². The van der Waals surface area contributed by atoms with E-state index in [-0.39, 0.29) is 54.8 Å². The van der Waals surface area contributed by atoms with Gasteiger partial charge in [0.15, 0.2) is 5.76 Å². The summed E-state index contributed by atoms with van der Waals surface area (Å²) in [5.41, 5.74) is 6.67. The molecule has 2 amide bonds. The van der Waals surface area contributed by atoms with E-state index in [1.165, 1.54) is 11.1 Å². The molecule has 19 heteroatoms. The molecule has 0 radical (unpaired) electrons. The Morgan fingerprint density at radius 1 is 0.904 bits per heavy atom. The molecule has 3 fully saturated rings. The van der Waals surface area contributed by atoms with Crippen LogP contribution in [0.5, 0.6) is 11.8 Å². The van der Waals surface area contributed by atoms with Gasteiger partial charge < -0.3 is 38.6 Å². The van der Waals surface area contributed by atoms with Crippen LogP contribution in [0.2, 0.25) is 0 Å². The smallest absolute Gasteiger partial charge is 0.421 e. The van der Waals surface area contributed by atoms with E-state index >= 15 is 0 Å². The molecule has 73 heavy (non-hydrogen) atoms. The number of likely N-dealkylation sites (tertiary alicyclic amines) is 2. The Morgan fingerprint density at radius 2 is 1.67 bits per heavy atom. The molecule has 2 saturated heterocycles. The SMILES string of the molecule is Cc1ncsc1-c1ccc([C@H](C)NC(=O)[C@@H]2C[C@@H](O)CN2C(=O)[C@@H](c2cc(OCCN3CCC(O[C@H]4C[C@H](Oc5ncc(-c6ccc7c8cnccc8n(C)c7c6)cc5C(F)(F)F)C4)CC3)no2)C(C)C)cc1. The van der Waals surface area contributed by atoms with Gasteiger partial charge in [-0.15, -0.1) is 11.3 Å². The van der Waals surface area contributed by atoms with E-state index in [1.54, 1.807) is 35.9 Å². The van der Waals surface area contributed by atoms with Crippen LogP contribution in [-0.2, 0) is 27.5 Å². The van der Waals surface area contributed by atoms with Crippen LogP contribution in [0.25, 0.3) is 43.4 Å². The second-order valence-corrected chi connectivity index (χ2v) is 20.8. The summed E-state index contributed by atoms with van der Waals surface area (Å²) in [7, 11) is 1.92. The minimum absolute atomic E-state index is 0.0210. The maximum Gasteiger partial charge on any atom is 0.421 e. The molecule has 384 valence electrons. The van der Waals surface area contributed by atoms with Gasteiger partial charge in [-0.2, -0.15) is 13.2 Å². The number of nitrogens with one attached hydrogen (secondary N) is 1. The van der Waals surface area contributed by atoms with E-state index in [2.05, 4.69) is 30.3 Å². The molecular weight excluding hydrogens is 962 g/mol. The van der Waals surface area contributed by atoms with Crippen molar-refractivity contribution in [1.29, 1.82) is 0 Å². The third-order valence-corrected chi connectivity index (χ3v) is 15.6. The van der Waals surface area contributed by atoms with Crippen molar-refractivity contribution in [1.82, 2.24) is 39.8 Å². The molecule has 2 aromatic carbocycles. The van der Waals surface area contributed by atoms with Crippen molar-refractivity contribution in [3.05, 3.63) is 107 Å². The number of amides is 2. The number of ether oxygens (including phenoxy) is 3. The highest BCUT2D eigenvalue weighted by atomic mass is 32.1. The number of hydrogen-bond acceptors (Lipinski definition) is 13. The fraction of sp³-hybridized carbons (Fsp3) is 0.444. The normalized spacial score (nSPS) is 20.7. The van der Waals surface area contributed by atoms with Crippen LogP contribution >= 0.6 is 11.3 Å². The maximum absolute atomic E-state index is 14.4. The van der Waals surface area contributed by atoms with Crippen LogP contribution in [0, 0.1) is 12.8 Å². The molecule has 1 saturated carbocycles. The van der Waals surface area contributed by atoms with Gasteiger partial charge in [0.1, 0.15) is 30.2 Å². The van der Waals surface area contributed by atoms with Gasteiger partial charge in [-0.05, 0) is 72.7 Å². The lowest BCUT2D eigenvalue weighted by atomic mass is 9.91. The predicted octanol–water partition coefficient (Wildman–Crippen LogP) is 9.28. The third-order valence-electron chi connectivity index (χ3n) is 14.6. The number of β-amino-alcohol motifs (C(OH)–C–C–N with tert-alkyl or cyclic N) is 1. The largest absolute Gasteiger partial charge is 0.474 e. The fourth-order valence-corrected chi connectivity index (χ4v) is 11.3. The number of nitrogens with zero attached hydrogens (tertiary/aromatic N) is 7. The average Bonchev–Trinajstić information content (AvgIpc) is 4.17. The molecule has 7 heterocycles. The lowest BCUT2D eigenvalue weighted by Gasteiger charge is -2.39. The molecule has 2 aliphatic heterocycles. The second kappa shape index (κ2) is 20.8. The zero-order valence-corrected chi connectivity index (χ0v) is 42.2. The zero-order valence-electron chi connectivity index (χ0n) is 41.3. The van der Waals surface area contributed by atoms with E-state index in [9.17, 15) is 27.9 Å². The Labute approximate surface area is 424 Å². The van der Waals surface area contributed by atoms with Crippen molar-refractivity contribution in [3.8, 4) is 33.3 Å². The van der Waals surface area contributed by atoms with E-state index in [0.717, 1.165) is 75.5 Å². The number of benzene rings is 2. The highest BCUT2D eigenvalue weighted by Crippen LogP contribution is 2.41. The summed E-state index contributed by atoms with van der Waals surface area (Å²) in [4.78, 5) is 45.5. The average molecular weight is 1020 g/mol. The number of pyridine rings is 2. The van der Waals surface area contributed by atoms with Gasteiger partial charge in [0.25, 0.3) is 5.88 Å². The Morgan fingerprint density at radius 3 is 2.40 bits per heavy atom. The molecular formula is C54H59F3N8O7S. The number of aliphatic hydroxyl groups excluding tert-OH is 1. The summed E-state index contributed by atoms with van der Waals surface area (Å²) in [5, 5.41) is 19.8. The summed E-state index contributed by atoms with van der Waals surface area (Å²) >= 11 is 1.58. The summed E-state index contributed by atoms with van der Waals surface area (Å²) in [5.74, 6) is -1.49. The Kier molecular flexibility index (Phi) is 14.3. The summed E-state index contributed by atoms with van der Waals surface area (Å²) in [6, 6.07) is 17.0. The minimum atomic E-state index is -4.66. The highest BCUT2D eigenvalue weighted by Gasteiger charge is 2.44. The first-order valence-corrected chi connectivity index (χ1v) is 25.8. The predicted molar refractivity (Wildman–Crippen MR) is 269 cm³/mol. The molecule has 15 nitrogen and oxygen atoms in total. The van der Waals surface area contributed by atoms with Gasteiger partial charge in [0.2, 0.25) is 17.7 Å². The Bertz CT molecular complexity index is 3090. The number of carbonyl (C=O) groups is 2. The fourth-order valence-electron chi connectivity index (χ4n) is 10.4. The first kappa shape index (κ1) is 50.1. The van der Waals surface area contributed by atoms with Crippen molar-refractivity contribution in [2.24, 2.45) is 13.0 Å². The molecule has 2 N–H and O–H groups in total. The number of aryl methyl sites for hydroxylation is 2. The molecule has 0 spiro atoms. The summed E-state index contributed by atoms with van der Waals surface area (Å²) in [6.07, 6.45) is 1.56. The van der Waals surface area contributed by atoms with E-state index in [0.29, 0.717) is 42.9 Å². The first-order valence-electron chi connectivity index (χ1n) is 24.9. The maximum atomic E-state index is 14.4. The van der Waals surface area contributed by atoms with E-state index in [1.807, 2.05) is 87.3 Å². The van der Waals surface area contributed by atoms with Crippen LogP contribution in [-0.4, -0.2) is 115 Å². The van der Waals surface area contributed by atoms with Crippen LogP contribution < -0.4 is 14.8 Å². The van der Waals surface area contributed by atoms with Gasteiger partial charge in [0, 0.05) is 99.0 Å². The monoisotopic (exact) mass is 1020 g/mol. The lowest BCUT2D eigenvalue weighted by Crippen LogP contribution is -2.48. The van der Waals surface area contributed by atoms with Crippen molar-refractivity contribution >= 4 is 45.0 Å². The molecule has 4 atom stereocenters. The van der Waals surface area contributed by atoms with Crippen molar-refractivity contribution < 1.29 is 46.6 Å². The molecule has 5 aromatic heterocycles. The molecule has 7 aromatic rings. The third kappa shape index (κ3) is 10.7. The summed E-state index contributed by atoms with van der Waals surface area (Å²) in [6.45, 7) is 10.2. The second-order valence-electron chi connectivity index (χ2n) is 19.9. The molecule has 0 unspecified atom stereocenters. The molecule has 0 bridgehead atoms. The number of halogens is 3. The first-order chi connectivity index (χ1) is 35.1. The Balaban J connectivity index is 0.666. The number of aromatic nitrogens is 5. The number of hydrogen-bond donors (Lipinski definition) is 2. The number of alkyl halides is 3. The number of thiazole rings is 1. The van der Waals surface area contributed by atoms with Crippen LogP contribution in [0.1, 0.15) is 87.4 Å². The lowest BCUT2D eigenvalue weighted by molar-refractivity contribution is -0.142. The molecule has 10 rings (SSSR count). The van der Waals surface area contributed by atoms with Crippen molar-refractivity contribution in [3.63, 3.8) is 0 Å². The number of carbonyl (C=O) groups excluding carboxylic acids is 2. The summed E-state index contributed by atoms with van der Waals surface area (Å²) < 4.78 is 69.2. The van der Waals surface area contributed by atoms with Crippen LogP contribution in [0.4, 0.5) is 13.2 Å². The van der Waals surface area contributed by atoms with Gasteiger partial charge >= 0.3 is 6.18 Å². The van der Waals surface area contributed by atoms with Gasteiger partial charge in [-0.25, -0.2) is 9.97 Å². The van der Waals surface area contributed by atoms with Crippen molar-refractivity contribution in [2.45, 2.75) is 108 Å². The van der Waals surface area contributed by atoms with Crippen LogP contribution in [0.15, 0.2) is 89.3 Å². The standard InChI is InChI=1S/C54H59F3N8O7S/c1-30(2)49(53(68)65-28-37(66)22-46(65)51(67)61-31(3)33-6-8-34(9-7-33)50-32(4)60-29-73-50)47-25-48(62-72-47)69-19-18-64-16-13-38(14-17-64)70-39-23-40(24-39)71-52-43(54(55,56)57)20-36(26-59-52)35-10-11-41-42-27-58-15-12-44(42)63(5)45(41)21-35/h6-12,15,20-21,25-27,29-31,37-40,46,49,66H,13-14,16-19,22-24,28H2,1-5H3,(H,61,67)/t31-,37+,39-,40-,46-,49+/m0/s1. The quantitative estimate of drug-likeness (QED) is 0.0942. The van der Waals surface area contributed by atoms with Crippen LogP contribution in [0.3, 0.4) is 0 Å². The Hall–Kier alpha value is -6.41. The number of piperidine rings is 1. The molecule has 1 aliphatic carbocycles. The molecule has 3 aliphatic rings. The van der Waals surface area contributed by atoms with E-state index < -0.39 is 41.8 Å². The van der Waals surface area contributed by atoms with Gasteiger partial charge in [0.05, 0.1) is 46.0 Å². The highest BCUT2D eigenvalue weighted by molar-refractivity contribution is 7.13. The number of aliphatic hydroxyl groups is 1. The topological polar surface area (TPSA) is 170 Å². The van der Waals surface area contributed by atoms with Crippen molar-refractivity contribution in [2.75, 3.05) is 32.8 Å². The number of rotatable bonds is 16. The minimum Gasteiger partial charge on any atom is -0.474 e. The van der Waals surface area contributed by atoms with Gasteiger partial charge in [-0.3, -0.25) is 19.5 Å². The number of fused-ring (bicyclic) bond motifs is 3. The van der Waals surface area contributed by atoms with Gasteiger partial charge in [-0.1, -0.05) is 50.2 Å².